The Kier molecular flexibility index (Phi) is 3.57. The lowest BCUT2D eigenvalue weighted by Crippen LogP contribution is -1.88. The van der Waals surface area contributed by atoms with Gasteiger partial charge >= 0.3 is 0 Å². The summed E-state index contributed by atoms with van der Waals surface area (Å²) in [5.74, 6) is 1.13. The van der Waals surface area contributed by atoms with Crippen LogP contribution >= 0.6 is 0 Å². The third-order valence-corrected chi connectivity index (χ3v) is 5.13. The van der Waals surface area contributed by atoms with E-state index < -0.39 is 0 Å². The molecular weight excluding hydrogens is 288 g/mol. The zero-order chi connectivity index (χ0) is 16.8. The maximum Gasteiger partial charge on any atom is -0.0171 e. The number of benzene rings is 4. The first-order valence-corrected chi connectivity index (χ1v) is 8.92. The quantitative estimate of drug-likeness (QED) is 0.338. The van der Waals surface area contributed by atoms with E-state index in [1.54, 1.807) is 0 Å². The molecule has 120 valence electrons. The summed E-state index contributed by atoms with van der Waals surface area (Å²) in [6, 6.07) is 23.1. The Morgan fingerprint density at radius 1 is 0.417 bits per heavy atom. The van der Waals surface area contributed by atoms with Gasteiger partial charge in [-0.15, -0.1) is 0 Å². The number of hydrogen-bond acceptors (Lipinski definition) is 0. The van der Waals surface area contributed by atoms with E-state index in [0.29, 0.717) is 11.8 Å². The fourth-order valence-corrected chi connectivity index (χ4v) is 3.50. The number of fused-ring (bicyclic) bond motifs is 3. The topological polar surface area (TPSA) is 0 Å². The van der Waals surface area contributed by atoms with Gasteiger partial charge in [-0.2, -0.15) is 0 Å². The molecule has 0 fully saturated rings. The second kappa shape index (κ2) is 5.63. The van der Waals surface area contributed by atoms with Crippen LogP contribution in [0.15, 0.2) is 60.7 Å². The van der Waals surface area contributed by atoms with Crippen LogP contribution in [0.5, 0.6) is 0 Å². The first-order chi connectivity index (χ1) is 11.5. The predicted octanol–water partition coefficient (Wildman–Crippen LogP) is 7.39. The first kappa shape index (κ1) is 15.2. The molecule has 0 aromatic heterocycles. The van der Waals surface area contributed by atoms with Gasteiger partial charge in [0.1, 0.15) is 0 Å². The van der Waals surface area contributed by atoms with Gasteiger partial charge in [0.05, 0.1) is 0 Å². The van der Waals surface area contributed by atoms with E-state index in [-0.39, 0.29) is 0 Å². The summed E-state index contributed by atoms with van der Waals surface area (Å²) in [6.45, 7) is 9.01. The molecule has 0 saturated carbocycles. The van der Waals surface area contributed by atoms with E-state index in [1.165, 1.54) is 43.4 Å². The maximum absolute atomic E-state index is 2.34. The van der Waals surface area contributed by atoms with Crippen LogP contribution in [0.1, 0.15) is 50.7 Å². The largest absolute Gasteiger partial charge is 0.0587 e. The lowest BCUT2D eigenvalue weighted by atomic mass is 9.94. The highest BCUT2D eigenvalue weighted by molar-refractivity contribution is 6.04. The van der Waals surface area contributed by atoms with Gasteiger partial charge in [-0.05, 0) is 79.5 Å². The molecule has 4 aromatic carbocycles. The van der Waals surface area contributed by atoms with Gasteiger partial charge in [-0.3, -0.25) is 0 Å². The van der Waals surface area contributed by atoms with Crippen molar-refractivity contribution < 1.29 is 0 Å². The smallest absolute Gasteiger partial charge is 0.0171 e. The standard InChI is InChI=1S/C24H24/c1-15(2)17-5-7-19-11-24-14-22-10-18(16(3)4)6-8-20(22)12-23(24)13-21(19)9-17/h5-16H,1-4H3. The van der Waals surface area contributed by atoms with Crippen molar-refractivity contribution in [1.29, 1.82) is 0 Å². The van der Waals surface area contributed by atoms with Gasteiger partial charge in [-0.25, -0.2) is 0 Å². The molecule has 0 heterocycles. The summed E-state index contributed by atoms with van der Waals surface area (Å²) >= 11 is 0. The zero-order valence-electron chi connectivity index (χ0n) is 14.9. The van der Waals surface area contributed by atoms with Crippen molar-refractivity contribution in [1.82, 2.24) is 0 Å². The molecule has 24 heavy (non-hydrogen) atoms. The molecule has 0 radical (unpaired) electrons. The second-order valence-corrected chi connectivity index (χ2v) is 7.57. The Morgan fingerprint density at radius 3 is 1.12 bits per heavy atom. The van der Waals surface area contributed by atoms with Gasteiger partial charge in [0.2, 0.25) is 0 Å². The lowest BCUT2D eigenvalue weighted by Gasteiger charge is -2.10. The van der Waals surface area contributed by atoms with Crippen LogP contribution in [0.2, 0.25) is 0 Å². The first-order valence-electron chi connectivity index (χ1n) is 8.92. The summed E-state index contributed by atoms with van der Waals surface area (Å²) in [4.78, 5) is 0. The molecule has 0 atom stereocenters. The third kappa shape index (κ3) is 2.57. The average Bonchev–Trinajstić information content (AvgIpc) is 2.56. The molecule has 4 rings (SSSR count). The summed E-state index contributed by atoms with van der Waals surface area (Å²) in [7, 11) is 0. The Labute approximate surface area is 144 Å². The van der Waals surface area contributed by atoms with Crippen molar-refractivity contribution in [3.05, 3.63) is 71.8 Å². The summed E-state index contributed by atoms with van der Waals surface area (Å²) < 4.78 is 0. The minimum Gasteiger partial charge on any atom is -0.0587 e. The van der Waals surface area contributed by atoms with Crippen LogP contribution in [-0.4, -0.2) is 0 Å². The molecule has 0 saturated heterocycles. The highest BCUT2D eigenvalue weighted by atomic mass is 14.1. The molecule has 0 heteroatoms. The van der Waals surface area contributed by atoms with Crippen molar-refractivity contribution in [2.75, 3.05) is 0 Å². The molecule has 4 aromatic rings. The molecular formula is C24H24. The second-order valence-electron chi connectivity index (χ2n) is 7.57. The van der Waals surface area contributed by atoms with Gasteiger partial charge in [0, 0.05) is 0 Å². The molecule has 0 amide bonds. The molecule has 0 N–H and O–H groups in total. The molecule has 0 nitrogen and oxygen atoms in total. The van der Waals surface area contributed by atoms with E-state index in [1.807, 2.05) is 0 Å². The van der Waals surface area contributed by atoms with Crippen LogP contribution in [-0.2, 0) is 0 Å². The fourth-order valence-electron chi connectivity index (χ4n) is 3.50. The average molecular weight is 312 g/mol. The molecule has 0 aliphatic carbocycles. The van der Waals surface area contributed by atoms with Gasteiger partial charge in [-0.1, -0.05) is 64.1 Å². The van der Waals surface area contributed by atoms with Gasteiger partial charge in [0.25, 0.3) is 0 Å². The molecule has 0 spiro atoms. The SMILES string of the molecule is CC(C)c1ccc2cc3cc4cc(C(C)C)ccc4cc3cc2c1. The highest BCUT2D eigenvalue weighted by Gasteiger charge is 2.06. The van der Waals surface area contributed by atoms with Crippen LogP contribution in [0.4, 0.5) is 0 Å². The van der Waals surface area contributed by atoms with E-state index in [9.17, 15) is 0 Å². The predicted molar refractivity (Wildman–Crippen MR) is 107 cm³/mol. The molecule has 0 unspecified atom stereocenters. The summed E-state index contributed by atoms with van der Waals surface area (Å²) in [5.41, 5.74) is 2.81. The monoisotopic (exact) mass is 312 g/mol. The maximum atomic E-state index is 2.34. The van der Waals surface area contributed by atoms with Crippen molar-refractivity contribution in [2.45, 2.75) is 39.5 Å². The lowest BCUT2D eigenvalue weighted by molar-refractivity contribution is 0.868. The van der Waals surface area contributed by atoms with E-state index in [0.717, 1.165) is 0 Å². The van der Waals surface area contributed by atoms with Crippen molar-refractivity contribution >= 4 is 32.3 Å². The third-order valence-electron chi connectivity index (χ3n) is 5.13. The number of hydrogen-bond donors (Lipinski definition) is 0. The zero-order valence-corrected chi connectivity index (χ0v) is 14.9. The van der Waals surface area contributed by atoms with Crippen molar-refractivity contribution in [2.24, 2.45) is 0 Å². The normalized spacial score (nSPS) is 12.1. The Hall–Kier alpha value is -2.34. The Balaban J connectivity index is 1.97. The van der Waals surface area contributed by atoms with Crippen LogP contribution in [0.25, 0.3) is 32.3 Å². The molecule has 0 aliphatic heterocycles. The van der Waals surface area contributed by atoms with E-state index in [4.69, 9.17) is 0 Å². The number of rotatable bonds is 2. The highest BCUT2D eigenvalue weighted by Crippen LogP contribution is 2.30. The van der Waals surface area contributed by atoms with Gasteiger partial charge < -0.3 is 0 Å². The summed E-state index contributed by atoms with van der Waals surface area (Å²) in [5, 5.41) is 7.98. The molecule has 0 bridgehead atoms. The fraction of sp³-hybridized carbons (Fsp3) is 0.250. The molecule has 0 aliphatic rings. The van der Waals surface area contributed by atoms with Crippen LogP contribution in [0.3, 0.4) is 0 Å². The van der Waals surface area contributed by atoms with Crippen molar-refractivity contribution in [3.8, 4) is 0 Å². The van der Waals surface area contributed by atoms with Gasteiger partial charge in [0.15, 0.2) is 0 Å². The Bertz CT molecular complexity index is 965. The van der Waals surface area contributed by atoms with Crippen LogP contribution < -0.4 is 0 Å². The van der Waals surface area contributed by atoms with Crippen LogP contribution in [0, 0.1) is 0 Å². The summed E-state index contributed by atoms with van der Waals surface area (Å²) in [6.07, 6.45) is 0. The minimum absolute atomic E-state index is 0.566. The Morgan fingerprint density at radius 2 is 0.750 bits per heavy atom. The van der Waals surface area contributed by atoms with E-state index >= 15 is 0 Å². The van der Waals surface area contributed by atoms with E-state index in [2.05, 4.69) is 88.4 Å². The van der Waals surface area contributed by atoms with Crippen molar-refractivity contribution in [3.63, 3.8) is 0 Å². The minimum atomic E-state index is 0.566.